The molecule has 4 heterocycles. The lowest BCUT2D eigenvalue weighted by Crippen LogP contribution is -2.44. The van der Waals surface area contributed by atoms with Gasteiger partial charge in [-0.2, -0.15) is 0 Å². The monoisotopic (exact) mass is 750 g/mol. The minimum Gasteiger partial charge on any atom is -0.456 e. The Labute approximate surface area is 331 Å². The van der Waals surface area contributed by atoms with Crippen LogP contribution < -0.4 is 16.0 Å². The fourth-order valence-electron chi connectivity index (χ4n) is 8.96. The fourth-order valence-corrected chi connectivity index (χ4v) is 10.3. The lowest BCUT2D eigenvalue weighted by Gasteiger charge is -2.28. The van der Waals surface area contributed by atoms with Crippen molar-refractivity contribution in [2.45, 2.75) is 12.6 Å². The molecule has 0 bridgehead atoms. The average molecular weight is 751 g/mol. The lowest BCUT2D eigenvalue weighted by molar-refractivity contribution is 0.495. The predicted octanol–water partition coefficient (Wildman–Crippen LogP) is 11.0. The first-order chi connectivity index (χ1) is 28.3. The van der Waals surface area contributed by atoms with Crippen LogP contribution in [0.15, 0.2) is 178 Å². The maximum absolute atomic E-state index is 6.83. The van der Waals surface area contributed by atoms with Gasteiger partial charge >= 0.3 is 0 Å². The van der Waals surface area contributed by atoms with E-state index in [9.17, 15) is 0 Å². The number of aromatic nitrogens is 1. The third kappa shape index (κ3) is 5.07. The van der Waals surface area contributed by atoms with Gasteiger partial charge in [0.15, 0.2) is 5.84 Å². The number of benzene rings is 7. The van der Waals surface area contributed by atoms with E-state index in [4.69, 9.17) is 14.4 Å². The Hall–Kier alpha value is -7.02. The smallest absolute Gasteiger partial charge is 0.159 e. The molecule has 7 aromatic carbocycles. The van der Waals surface area contributed by atoms with E-state index in [0.29, 0.717) is 0 Å². The largest absolute Gasteiger partial charge is 0.456 e. The highest BCUT2D eigenvalue weighted by Gasteiger charge is 2.28. The summed E-state index contributed by atoms with van der Waals surface area (Å²) >= 11 is 1.87. The molecule has 0 saturated heterocycles. The predicted molar refractivity (Wildman–Crippen MR) is 238 cm³/mol. The van der Waals surface area contributed by atoms with Crippen molar-refractivity contribution < 1.29 is 4.42 Å². The molecular formula is C51H34N4OS. The highest BCUT2D eigenvalue weighted by molar-refractivity contribution is 7.26. The van der Waals surface area contributed by atoms with Gasteiger partial charge in [0, 0.05) is 65.0 Å². The van der Waals surface area contributed by atoms with Gasteiger partial charge in [0.1, 0.15) is 23.0 Å². The van der Waals surface area contributed by atoms with Crippen molar-refractivity contribution in [1.82, 2.24) is 9.88 Å². The van der Waals surface area contributed by atoms with Crippen molar-refractivity contribution in [3.8, 4) is 16.8 Å². The second kappa shape index (κ2) is 12.8. The highest BCUT2D eigenvalue weighted by atomic mass is 32.1. The van der Waals surface area contributed by atoms with Crippen molar-refractivity contribution in [2.75, 3.05) is 0 Å². The van der Waals surface area contributed by atoms with Crippen molar-refractivity contribution in [3.63, 3.8) is 0 Å². The fraction of sp³-hybridized carbons (Fsp3) is 0.0588. The molecule has 3 aromatic heterocycles. The summed E-state index contributed by atoms with van der Waals surface area (Å²) in [7, 11) is 0. The number of aliphatic imine (C=N–C) groups is 2. The number of thiophene rings is 1. The third-order valence-electron chi connectivity index (χ3n) is 11.6. The van der Waals surface area contributed by atoms with E-state index < -0.39 is 0 Å². The SMILES string of the molecule is C1=c2oc3c(-c4cccc5c4sc4c(-n6c7ccccc7c7ccccc76)cccc45)cccc3c2=CC(C2N=C(c3ccccc3)N=C(c3ccccc3)N2)C1. The normalized spacial score (nSPS) is 16.6. The van der Waals surface area contributed by atoms with E-state index in [2.05, 4.69) is 162 Å². The number of rotatable bonds is 5. The molecule has 1 aliphatic carbocycles. The van der Waals surface area contributed by atoms with Gasteiger partial charge < -0.3 is 14.3 Å². The van der Waals surface area contributed by atoms with Gasteiger partial charge in [-0.1, -0.05) is 152 Å². The van der Waals surface area contributed by atoms with Crippen molar-refractivity contribution in [1.29, 1.82) is 0 Å². The zero-order valence-electron chi connectivity index (χ0n) is 30.8. The molecule has 0 spiro atoms. The van der Waals surface area contributed by atoms with Crippen LogP contribution in [-0.4, -0.2) is 22.4 Å². The standard InChI is InChI=1S/C51H34N4OS/c1-3-14-31(15-4-1)49-52-50(32-16-5-2-6-17-32)54-51(53-49)33-28-29-45-41(30-33)37-21-11-20-36(46(37)56-45)38-22-12-23-39-40-24-13-27-44(48(40)57-47(38)39)55-42-25-9-7-18-34(42)35-19-8-10-26-43(35)55/h1-27,29-30,33,51H,28H2,(H,52,53,54). The van der Waals surface area contributed by atoms with Crippen LogP contribution in [-0.2, 0) is 0 Å². The van der Waals surface area contributed by atoms with E-state index in [1.807, 2.05) is 35.6 Å². The molecule has 2 unspecified atom stereocenters. The molecule has 2 aliphatic rings. The molecule has 57 heavy (non-hydrogen) atoms. The van der Waals surface area contributed by atoms with E-state index in [0.717, 1.165) is 56.4 Å². The van der Waals surface area contributed by atoms with Gasteiger partial charge in [0.2, 0.25) is 0 Å². The number of amidine groups is 2. The van der Waals surface area contributed by atoms with Crippen LogP contribution in [0.25, 0.3) is 81.9 Å². The Balaban J connectivity index is 0.989. The second-order valence-corrected chi connectivity index (χ2v) is 15.9. The van der Waals surface area contributed by atoms with Gasteiger partial charge in [0.25, 0.3) is 0 Å². The Kier molecular flexibility index (Phi) is 7.22. The summed E-state index contributed by atoms with van der Waals surface area (Å²) in [6, 6.07) is 58.1. The van der Waals surface area contributed by atoms with Crippen LogP contribution in [0.5, 0.6) is 0 Å². The Morgan fingerprint density at radius 1 is 0.579 bits per heavy atom. The van der Waals surface area contributed by atoms with Gasteiger partial charge in [-0.15, -0.1) is 11.3 Å². The molecule has 2 atom stereocenters. The van der Waals surface area contributed by atoms with E-state index in [-0.39, 0.29) is 12.1 Å². The highest BCUT2D eigenvalue weighted by Crippen LogP contribution is 2.45. The number of hydrogen-bond donors (Lipinski definition) is 1. The molecule has 0 amide bonds. The van der Waals surface area contributed by atoms with Crippen LogP contribution >= 0.6 is 11.3 Å². The zero-order chi connectivity index (χ0) is 37.5. The molecule has 270 valence electrons. The summed E-state index contributed by atoms with van der Waals surface area (Å²) < 4.78 is 11.8. The van der Waals surface area contributed by atoms with Crippen LogP contribution in [0.2, 0.25) is 0 Å². The number of hydrogen-bond acceptors (Lipinski definition) is 5. The summed E-state index contributed by atoms with van der Waals surface area (Å²) in [6.07, 6.45) is 5.21. The minimum atomic E-state index is -0.193. The maximum atomic E-state index is 6.83. The summed E-state index contributed by atoms with van der Waals surface area (Å²) in [5.41, 5.74) is 9.82. The van der Waals surface area contributed by atoms with Gasteiger partial charge in [-0.3, -0.25) is 0 Å². The van der Waals surface area contributed by atoms with Crippen LogP contribution in [0, 0.1) is 5.92 Å². The molecule has 0 radical (unpaired) electrons. The molecular weight excluding hydrogens is 717 g/mol. The van der Waals surface area contributed by atoms with Gasteiger partial charge in [-0.05, 0) is 30.7 Å². The number of nitrogens with one attached hydrogen (secondary N) is 1. The second-order valence-electron chi connectivity index (χ2n) is 14.9. The average Bonchev–Trinajstić information content (AvgIpc) is 3.96. The van der Waals surface area contributed by atoms with Crippen LogP contribution in [0.1, 0.15) is 17.5 Å². The molecule has 0 fully saturated rings. The summed E-state index contributed by atoms with van der Waals surface area (Å²) in [6.45, 7) is 0. The number of para-hydroxylation sites is 3. The minimum absolute atomic E-state index is 0.0974. The maximum Gasteiger partial charge on any atom is 0.159 e. The number of nitrogens with zero attached hydrogens (tertiary/aromatic N) is 3. The van der Waals surface area contributed by atoms with Crippen LogP contribution in [0.4, 0.5) is 0 Å². The molecule has 6 heteroatoms. The van der Waals surface area contributed by atoms with E-state index >= 15 is 0 Å². The van der Waals surface area contributed by atoms with Gasteiger partial charge in [0.05, 0.1) is 21.4 Å². The first kappa shape index (κ1) is 32.2. The summed E-state index contributed by atoms with van der Waals surface area (Å²) in [4.78, 5) is 10.2. The Morgan fingerprint density at radius 2 is 1.19 bits per heavy atom. The van der Waals surface area contributed by atoms with Crippen LogP contribution in [0.3, 0.4) is 0 Å². The zero-order valence-corrected chi connectivity index (χ0v) is 31.6. The molecule has 5 nitrogen and oxygen atoms in total. The lowest BCUT2D eigenvalue weighted by atomic mass is 9.94. The van der Waals surface area contributed by atoms with E-state index in [1.54, 1.807) is 0 Å². The molecule has 12 rings (SSSR count). The molecule has 1 aliphatic heterocycles. The van der Waals surface area contributed by atoms with E-state index in [1.165, 1.54) is 53.2 Å². The molecule has 10 aromatic rings. The molecule has 1 N–H and O–H groups in total. The summed E-state index contributed by atoms with van der Waals surface area (Å²) in [5.74, 6) is 1.68. The Bertz CT molecular complexity index is 3370. The third-order valence-corrected chi connectivity index (χ3v) is 12.9. The Morgan fingerprint density at radius 3 is 1.95 bits per heavy atom. The van der Waals surface area contributed by atoms with Crippen molar-refractivity contribution in [3.05, 3.63) is 186 Å². The van der Waals surface area contributed by atoms with Crippen molar-refractivity contribution >= 4 is 88.1 Å². The van der Waals surface area contributed by atoms with Gasteiger partial charge in [-0.25, -0.2) is 9.98 Å². The first-order valence-electron chi connectivity index (χ1n) is 19.5. The van der Waals surface area contributed by atoms with Crippen molar-refractivity contribution in [2.24, 2.45) is 15.9 Å². The summed E-state index contributed by atoms with van der Waals surface area (Å²) in [5, 5.41) is 11.0. The number of furan rings is 1. The number of fused-ring (bicyclic) bond motifs is 9. The topological polar surface area (TPSA) is 54.8 Å². The first-order valence-corrected chi connectivity index (χ1v) is 20.3. The quantitative estimate of drug-likeness (QED) is 0.190. The molecule has 0 saturated carbocycles.